The van der Waals surface area contributed by atoms with Gasteiger partial charge < -0.3 is 24.7 Å². The molecule has 0 aromatic heterocycles. The maximum atomic E-state index is 13.5. The number of hydrogen-bond acceptors (Lipinski definition) is 6. The Balaban J connectivity index is 2.16. The minimum Gasteiger partial charge on any atom is -0.467 e. The molecule has 10 heteroatoms. The standard InChI is InChI=1S/C23H28BFN2O6/c1-15(28)26-20(14-17-6-5-7-19(25)12-17)22(29)27-21(23(30)31-2)13-16-8-10-18(11-9-16)24(32-3)33-4/h5-12,20-21H,13-14H2,1-4H3,(H,26,28)(H,27,29)/t20-,21-/m1/s1. The maximum Gasteiger partial charge on any atom is 0.493 e. The first-order valence-electron chi connectivity index (χ1n) is 10.3. The van der Waals surface area contributed by atoms with Crippen molar-refractivity contribution < 1.29 is 32.8 Å². The Morgan fingerprint density at radius 2 is 1.55 bits per heavy atom. The van der Waals surface area contributed by atoms with Gasteiger partial charge in [0.25, 0.3) is 0 Å². The highest BCUT2D eigenvalue weighted by molar-refractivity contribution is 6.61. The summed E-state index contributed by atoms with van der Waals surface area (Å²) in [5.41, 5.74) is 2.09. The number of methoxy groups -OCH3 is 1. The lowest BCUT2D eigenvalue weighted by Gasteiger charge is -2.22. The Labute approximate surface area is 192 Å². The molecule has 0 aliphatic heterocycles. The molecule has 0 saturated carbocycles. The zero-order valence-electron chi connectivity index (χ0n) is 19.1. The molecule has 0 spiro atoms. The third kappa shape index (κ3) is 8.00. The molecule has 2 aromatic carbocycles. The van der Waals surface area contributed by atoms with Crippen molar-refractivity contribution >= 4 is 30.4 Å². The van der Waals surface area contributed by atoms with Crippen molar-refractivity contribution in [3.63, 3.8) is 0 Å². The van der Waals surface area contributed by atoms with Crippen LogP contribution in [0.1, 0.15) is 18.1 Å². The van der Waals surface area contributed by atoms with Gasteiger partial charge in [0, 0.05) is 34.0 Å². The Kier molecular flexibility index (Phi) is 10.0. The first kappa shape index (κ1) is 26.0. The summed E-state index contributed by atoms with van der Waals surface area (Å²) in [6.07, 6.45) is 0.220. The summed E-state index contributed by atoms with van der Waals surface area (Å²) in [5.74, 6) is -2.09. The molecule has 0 aliphatic rings. The minimum atomic E-state index is -0.997. The first-order valence-corrected chi connectivity index (χ1v) is 10.3. The summed E-state index contributed by atoms with van der Waals surface area (Å²) in [5, 5.41) is 5.20. The second-order valence-electron chi connectivity index (χ2n) is 7.42. The van der Waals surface area contributed by atoms with Gasteiger partial charge in [0.05, 0.1) is 7.11 Å². The highest BCUT2D eigenvalue weighted by atomic mass is 19.1. The normalized spacial score (nSPS) is 12.4. The van der Waals surface area contributed by atoms with Gasteiger partial charge in [0.15, 0.2) is 0 Å². The largest absolute Gasteiger partial charge is 0.493 e. The second kappa shape index (κ2) is 12.7. The van der Waals surface area contributed by atoms with Crippen molar-refractivity contribution in [1.29, 1.82) is 0 Å². The lowest BCUT2D eigenvalue weighted by atomic mass is 9.78. The minimum absolute atomic E-state index is 0.0567. The fourth-order valence-corrected chi connectivity index (χ4v) is 3.38. The average molecular weight is 458 g/mol. The smallest absolute Gasteiger partial charge is 0.467 e. The molecule has 0 saturated heterocycles. The van der Waals surface area contributed by atoms with E-state index in [-0.39, 0.29) is 12.8 Å². The van der Waals surface area contributed by atoms with Gasteiger partial charge in [-0.15, -0.1) is 0 Å². The van der Waals surface area contributed by atoms with E-state index >= 15 is 0 Å². The SMILES string of the molecule is COB(OC)c1ccc(C[C@@H](NC(=O)[C@@H](Cc2cccc(F)c2)NC(C)=O)C(=O)OC)cc1. The number of rotatable bonds is 11. The number of benzene rings is 2. The Morgan fingerprint density at radius 3 is 2.09 bits per heavy atom. The molecule has 0 radical (unpaired) electrons. The number of halogens is 1. The number of hydrogen-bond donors (Lipinski definition) is 2. The summed E-state index contributed by atoms with van der Waals surface area (Å²) < 4.78 is 28.8. The molecule has 0 bridgehead atoms. The summed E-state index contributed by atoms with van der Waals surface area (Å²) in [4.78, 5) is 36.9. The van der Waals surface area contributed by atoms with Crippen LogP contribution in [0, 0.1) is 5.82 Å². The van der Waals surface area contributed by atoms with Crippen molar-refractivity contribution in [3.8, 4) is 0 Å². The number of carbonyl (C=O) groups is 3. The van der Waals surface area contributed by atoms with E-state index in [0.717, 1.165) is 11.0 Å². The summed E-state index contributed by atoms with van der Waals surface area (Å²) in [7, 11) is 3.77. The average Bonchev–Trinajstić information content (AvgIpc) is 2.79. The van der Waals surface area contributed by atoms with E-state index < -0.39 is 42.8 Å². The van der Waals surface area contributed by atoms with E-state index in [9.17, 15) is 18.8 Å². The van der Waals surface area contributed by atoms with Crippen LogP contribution in [-0.4, -0.2) is 58.3 Å². The number of amides is 2. The van der Waals surface area contributed by atoms with Gasteiger partial charge in [0.1, 0.15) is 17.9 Å². The van der Waals surface area contributed by atoms with Crippen LogP contribution >= 0.6 is 0 Å². The number of carbonyl (C=O) groups excluding carboxylic acids is 3. The quantitative estimate of drug-likeness (QED) is 0.381. The van der Waals surface area contributed by atoms with Crippen molar-refractivity contribution in [1.82, 2.24) is 10.6 Å². The maximum absolute atomic E-state index is 13.5. The van der Waals surface area contributed by atoms with Gasteiger partial charge in [-0.05, 0) is 28.7 Å². The molecular formula is C23H28BFN2O6. The molecule has 0 heterocycles. The number of esters is 1. The molecule has 2 rings (SSSR count). The van der Waals surface area contributed by atoms with Gasteiger partial charge in [-0.1, -0.05) is 36.4 Å². The molecular weight excluding hydrogens is 430 g/mol. The third-order valence-electron chi connectivity index (χ3n) is 4.94. The van der Waals surface area contributed by atoms with Crippen LogP contribution in [0.3, 0.4) is 0 Å². The van der Waals surface area contributed by atoms with Crippen molar-refractivity contribution in [2.24, 2.45) is 0 Å². The molecule has 0 unspecified atom stereocenters. The van der Waals surface area contributed by atoms with E-state index in [1.165, 1.54) is 46.5 Å². The Bertz CT molecular complexity index is 952. The van der Waals surface area contributed by atoms with E-state index in [1.807, 2.05) is 0 Å². The van der Waals surface area contributed by atoms with Gasteiger partial charge >= 0.3 is 13.1 Å². The molecule has 2 aromatic rings. The second-order valence-corrected chi connectivity index (χ2v) is 7.42. The van der Waals surface area contributed by atoms with Crippen molar-refractivity contribution in [3.05, 3.63) is 65.5 Å². The monoisotopic (exact) mass is 458 g/mol. The van der Waals surface area contributed by atoms with Crippen LogP contribution in [-0.2, 0) is 41.3 Å². The molecule has 176 valence electrons. The van der Waals surface area contributed by atoms with Crippen molar-refractivity contribution in [2.45, 2.75) is 31.8 Å². The summed E-state index contributed by atoms with van der Waals surface area (Å²) in [6.45, 7) is 1.28. The highest BCUT2D eigenvalue weighted by Crippen LogP contribution is 2.09. The topological polar surface area (TPSA) is 103 Å². The molecule has 8 nitrogen and oxygen atoms in total. The lowest BCUT2D eigenvalue weighted by molar-refractivity contribution is -0.145. The lowest BCUT2D eigenvalue weighted by Crippen LogP contribution is -2.53. The van der Waals surface area contributed by atoms with Crippen LogP contribution in [0.4, 0.5) is 4.39 Å². The van der Waals surface area contributed by atoms with E-state index in [1.54, 1.807) is 30.3 Å². The third-order valence-corrected chi connectivity index (χ3v) is 4.94. The van der Waals surface area contributed by atoms with Crippen molar-refractivity contribution in [2.75, 3.05) is 21.3 Å². The fourth-order valence-electron chi connectivity index (χ4n) is 3.38. The molecule has 0 fully saturated rings. The molecule has 2 N–H and O–H groups in total. The van der Waals surface area contributed by atoms with Gasteiger partial charge in [0.2, 0.25) is 11.8 Å². The number of ether oxygens (including phenoxy) is 1. The van der Waals surface area contributed by atoms with Crippen LogP contribution in [0.25, 0.3) is 0 Å². The molecule has 33 heavy (non-hydrogen) atoms. The first-order chi connectivity index (χ1) is 15.8. The van der Waals surface area contributed by atoms with Gasteiger partial charge in [-0.3, -0.25) is 9.59 Å². The predicted octanol–water partition coefficient (Wildman–Crippen LogP) is 0.761. The van der Waals surface area contributed by atoms with Crippen LogP contribution in [0.15, 0.2) is 48.5 Å². The molecule has 2 amide bonds. The number of nitrogens with one attached hydrogen (secondary N) is 2. The predicted molar refractivity (Wildman–Crippen MR) is 121 cm³/mol. The van der Waals surface area contributed by atoms with Crippen LogP contribution in [0.2, 0.25) is 0 Å². The highest BCUT2D eigenvalue weighted by Gasteiger charge is 2.27. The van der Waals surface area contributed by atoms with Gasteiger partial charge in [-0.2, -0.15) is 0 Å². The van der Waals surface area contributed by atoms with E-state index in [0.29, 0.717) is 5.56 Å². The molecule has 0 aliphatic carbocycles. The Hall–Kier alpha value is -3.24. The van der Waals surface area contributed by atoms with Gasteiger partial charge in [-0.25, -0.2) is 9.18 Å². The van der Waals surface area contributed by atoms with Crippen LogP contribution in [0.5, 0.6) is 0 Å². The summed E-state index contributed by atoms with van der Waals surface area (Å²) in [6, 6.07) is 10.9. The zero-order valence-corrected chi connectivity index (χ0v) is 19.1. The molecule has 2 atom stereocenters. The van der Waals surface area contributed by atoms with E-state index in [4.69, 9.17) is 14.0 Å². The fraction of sp³-hybridized carbons (Fsp3) is 0.348. The zero-order chi connectivity index (χ0) is 24.4. The Morgan fingerprint density at radius 1 is 0.909 bits per heavy atom. The van der Waals surface area contributed by atoms with Crippen LogP contribution < -0.4 is 16.1 Å². The van der Waals surface area contributed by atoms with E-state index in [2.05, 4.69) is 10.6 Å². The summed E-state index contributed by atoms with van der Waals surface area (Å²) >= 11 is 0.